The molecule has 0 aromatic heterocycles. The number of hydrogen-bond donors (Lipinski definition) is 2. The smallest absolute Gasteiger partial charge is 0.307 e. The van der Waals surface area contributed by atoms with E-state index in [1.807, 2.05) is 18.2 Å². The number of nitrogens with one attached hydrogen (secondary N) is 1. The van der Waals surface area contributed by atoms with E-state index in [9.17, 15) is 4.79 Å². The van der Waals surface area contributed by atoms with E-state index in [1.165, 1.54) is 0 Å². The molecule has 2 rings (SSSR count). The molecule has 1 aromatic rings. The second kappa shape index (κ2) is 5.51. The highest BCUT2D eigenvalue weighted by atomic mass is 79.9. The lowest BCUT2D eigenvalue weighted by molar-refractivity contribution is -0.143. The van der Waals surface area contributed by atoms with Gasteiger partial charge in [-0.25, -0.2) is 0 Å². The van der Waals surface area contributed by atoms with Crippen molar-refractivity contribution in [3.63, 3.8) is 0 Å². The van der Waals surface area contributed by atoms with Gasteiger partial charge in [0.1, 0.15) is 11.4 Å². The van der Waals surface area contributed by atoms with Gasteiger partial charge in [-0.3, -0.25) is 4.79 Å². The average Bonchev–Trinajstić information content (AvgIpc) is 2.27. The van der Waals surface area contributed by atoms with Crippen LogP contribution in [0.5, 0.6) is 5.75 Å². The topological polar surface area (TPSA) is 58.6 Å². The number of carboxylic acids is 1. The Balaban J connectivity index is 2.24. The summed E-state index contributed by atoms with van der Waals surface area (Å²) in [4.78, 5) is 11.0. The molecule has 2 N–H and O–H groups in total. The first-order chi connectivity index (χ1) is 8.92. The van der Waals surface area contributed by atoms with Crippen LogP contribution in [-0.2, 0) is 4.79 Å². The Morgan fingerprint density at radius 3 is 2.68 bits per heavy atom. The van der Waals surface area contributed by atoms with Gasteiger partial charge < -0.3 is 15.2 Å². The Hall–Kier alpha value is -1.07. The van der Waals surface area contributed by atoms with E-state index in [2.05, 4.69) is 35.1 Å². The highest BCUT2D eigenvalue weighted by Gasteiger charge is 2.42. The molecule has 0 spiro atoms. The van der Waals surface area contributed by atoms with Crippen molar-refractivity contribution in [3.05, 3.63) is 28.2 Å². The molecule has 104 valence electrons. The Bertz CT molecular complexity index is 484. The lowest BCUT2D eigenvalue weighted by Gasteiger charge is -2.42. The summed E-state index contributed by atoms with van der Waals surface area (Å²) in [5, 5.41) is 12.1. The maximum Gasteiger partial charge on any atom is 0.307 e. The van der Waals surface area contributed by atoms with Crippen LogP contribution in [0, 0.1) is 0 Å². The molecular weight excluding hydrogens is 310 g/mol. The minimum Gasteiger partial charge on any atom is -0.484 e. The summed E-state index contributed by atoms with van der Waals surface area (Å²) < 4.78 is 7.03. The Kier molecular flexibility index (Phi) is 4.16. The third kappa shape index (κ3) is 3.28. The largest absolute Gasteiger partial charge is 0.484 e. The number of carboxylic acid groups (broad SMARTS) is 1. The fourth-order valence-electron chi connectivity index (χ4n) is 2.21. The van der Waals surface area contributed by atoms with Crippen LogP contribution in [0.15, 0.2) is 22.7 Å². The Morgan fingerprint density at radius 2 is 2.21 bits per heavy atom. The summed E-state index contributed by atoms with van der Waals surface area (Å²) in [5.74, 6) is 0.271. The first-order valence-electron chi connectivity index (χ1n) is 6.33. The predicted octanol–water partition coefficient (Wildman–Crippen LogP) is 2.77. The van der Waals surface area contributed by atoms with Gasteiger partial charge in [-0.05, 0) is 29.7 Å². The lowest BCUT2D eigenvalue weighted by Crippen LogP contribution is -2.64. The van der Waals surface area contributed by atoms with Crippen molar-refractivity contribution in [1.29, 1.82) is 0 Å². The quantitative estimate of drug-likeness (QED) is 0.873. The van der Waals surface area contributed by atoms with Crippen molar-refractivity contribution in [2.45, 2.75) is 31.8 Å². The minimum absolute atomic E-state index is 0.0214. The molecular formula is C14H18BrNO3. The maximum atomic E-state index is 11.0. The molecule has 1 heterocycles. The number of ether oxygens (including phenoxy) is 1. The SMILES string of the molecule is CC(C)c1cc(Br)ccc1OC1(CC(=O)O)CNC1. The molecule has 0 unspecified atom stereocenters. The molecule has 1 fully saturated rings. The van der Waals surface area contributed by atoms with Crippen molar-refractivity contribution in [2.24, 2.45) is 0 Å². The monoisotopic (exact) mass is 327 g/mol. The van der Waals surface area contributed by atoms with E-state index in [-0.39, 0.29) is 6.42 Å². The molecule has 5 heteroatoms. The van der Waals surface area contributed by atoms with Gasteiger partial charge in [-0.15, -0.1) is 0 Å². The van der Waals surface area contributed by atoms with Crippen LogP contribution in [0.25, 0.3) is 0 Å². The van der Waals surface area contributed by atoms with Gasteiger partial charge in [0.05, 0.1) is 6.42 Å². The van der Waals surface area contributed by atoms with Crippen molar-refractivity contribution < 1.29 is 14.6 Å². The van der Waals surface area contributed by atoms with Crippen LogP contribution in [0.4, 0.5) is 0 Å². The zero-order valence-corrected chi connectivity index (χ0v) is 12.7. The van der Waals surface area contributed by atoms with E-state index in [4.69, 9.17) is 9.84 Å². The standard InChI is InChI=1S/C14H18BrNO3/c1-9(2)11-5-10(15)3-4-12(11)19-14(6-13(17)18)7-16-8-14/h3-5,9,16H,6-8H2,1-2H3,(H,17,18). The number of hydrogen-bond acceptors (Lipinski definition) is 3. The fraction of sp³-hybridized carbons (Fsp3) is 0.500. The van der Waals surface area contributed by atoms with E-state index >= 15 is 0 Å². The van der Waals surface area contributed by atoms with Crippen molar-refractivity contribution in [2.75, 3.05) is 13.1 Å². The molecule has 0 amide bonds. The van der Waals surface area contributed by atoms with Gasteiger partial charge in [-0.1, -0.05) is 29.8 Å². The second-order valence-electron chi connectivity index (χ2n) is 5.30. The molecule has 19 heavy (non-hydrogen) atoms. The van der Waals surface area contributed by atoms with Crippen molar-refractivity contribution >= 4 is 21.9 Å². The lowest BCUT2D eigenvalue weighted by atomic mass is 9.92. The van der Waals surface area contributed by atoms with Gasteiger partial charge in [0.25, 0.3) is 0 Å². The van der Waals surface area contributed by atoms with E-state index in [0.717, 1.165) is 15.8 Å². The summed E-state index contributed by atoms with van der Waals surface area (Å²) >= 11 is 3.45. The normalized spacial score (nSPS) is 17.1. The van der Waals surface area contributed by atoms with E-state index in [0.29, 0.717) is 19.0 Å². The average molecular weight is 328 g/mol. The highest BCUT2D eigenvalue weighted by molar-refractivity contribution is 9.10. The molecule has 0 atom stereocenters. The molecule has 0 bridgehead atoms. The van der Waals surface area contributed by atoms with Crippen LogP contribution in [0.3, 0.4) is 0 Å². The third-order valence-electron chi connectivity index (χ3n) is 3.29. The molecule has 4 nitrogen and oxygen atoms in total. The maximum absolute atomic E-state index is 11.0. The Labute approximate surface area is 121 Å². The van der Waals surface area contributed by atoms with Gasteiger partial charge in [0.2, 0.25) is 0 Å². The Morgan fingerprint density at radius 1 is 1.53 bits per heavy atom. The molecule has 1 aliphatic heterocycles. The fourth-order valence-corrected chi connectivity index (χ4v) is 2.59. The van der Waals surface area contributed by atoms with Gasteiger partial charge >= 0.3 is 5.97 Å². The number of rotatable bonds is 5. The second-order valence-corrected chi connectivity index (χ2v) is 6.21. The van der Waals surface area contributed by atoms with Crippen LogP contribution >= 0.6 is 15.9 Å². The summed E-state index contributed by atoms with van der Waals surface area (Å²) in [6.45, 7) is 5.34. The van der Waals surface area contributed by atoms with Gasteiger partial charge in [0.15, 0.2) is 0 Å². The van der Waals surface area contributed by atoms with Crippen LogP contribution in [-0.4, -0.2) is 29.8 Å². The zero-order chi connectivity index (χ0) is 14.0. The molecule has 0 saturated carbocycles. The summed E-state index contributed by atoms with van der Waals surface area (Å²) in [5.41, 5.74) is 0.481. The number of aliphatic carboxylic acids is 1. The molecule has 1 aliphatic rings. The van der Waals surface area contributed by atoms with Gasteiger partial charge in [-0.2, -0.15) is 0 Å². The van der Waals surface area contributed by atoms with Gasteiger partial charge in [0, 0.05) is 17.6 Å². The summed E-state index contributed by atoms with van der Waals surface area (Å²) in [6, 6.07) is 5.85. The third-order valence-corrected chi connectivity index (χ3v) is 3.78. The minimum atomic E-state index is -0.829. The predicted molar refractivity (Wildman–Crippen MR) is 76.7 cm³/mol. The molecule has 0 radical (unpaired) electrons. The van der Waals surface area contributed by atoms with Crippen LogP contribution in [0.1, 0.15) is 31.7 Å². The van der Waals surface area contributed by atoms with E-state index < -0.39 is 11.6 Å². The summed E-state index contributed by atoms with van der Waals surface area (Å²) in [7, 11) is 0. The number of carbonyl (C=O) groups is 1. The zero-order valence-electron chi connectivity index (χ0n) is 11.1. The van der Waals surface area contributed by atoms with Crippen molar-refractivity contribution in [3.8, 4) is 5.75 Å². The molecule has 1 aromatic carbocycles. The van der Waals surface area contributed by atoms with E-state index in [1.54, 1.807) is 0 Å². The first-order valence-corrected chi connectivity index (χ1v) is 7.12. The molecule has 0 aliphatic carbocycles. The molecule has 1 saturated heterocycles. The van der Waals surface area contributed by atoms with Crippen LogP contribution < -0.4 is 10.1 Å². The van der Waals surface area contributed by atoms with Crippen LogP contribution in [0.2, 0.25) is 0 Å². The number of halogens is 1. The first kappa shape index (κ1) is 14.3. The highest BCUT2D eigenvalue weighted by Crippen LogP contribution is 2.34. The number of benzene rings is 1. The van der Waals surface area contributed by atoms with Crippen molar-refractivity contribution in [1.82, 2.24) is 5.32 Å². The summed E-state index contributed by atoms with van der Waals surface area (Å²) in [6.07, 6.45) is 0.0214.